The summed E-state index contributed by atoms with van der Waals surface area (Å²) in [6, 6.07) is 7.91. The topological polar surface area (TPSA) is 114 Å². The van der Waals surface area contributed by atoms with Crippen molar-refractivity contribution >= 4 is 23.3 Å². The van der Waals surface area contributed by atoms with Gasteiger partial charge in [-0.3, -0.25) is 19.7 Å². The normalized spacial score (nSPS) is 11.4. The fourth-order valence-electron chi connectivity index (χ4n) is 1.88. The Balaban J connectivity index is 2.00. The summed E-state index contributed by atoms with van der Waals surface area (Å²) in [5, 5.41) is 15.8. The minimum Gasteiger partial charge on any atom is -0.341 e. The van der Waals surface area contributed by atoms with Crippen LogP contribution in [0.4, 0.5) is 11.5 Å². The van der Waals surface area contributed by atoms with Gasteiger partial charge in [-0.1, -0.05) is 12.1 Å². The van der Waals surface area contributed by atoms with Crippen molar-refractivity contribution in [2.24, 2.45) is 0 Å². The van der Waals surface area contributed by atoms with E-state index in [9.17, 15) is 19.7 Å². The number of pyridine rings is 1. The average Bonchev–Trinajstić information content (AvgIpc) is 2.56. The van der Waals surface area contributed by atoms with Crippen molar-refractivity contribution < 1.29 is 14.5 Å². The number of nitrogens with zero attached hydrogens (tertiary/aromatic N) is 2. The van der Waals surface area contributed by atoms with Crippen molar-refractivity contribution in [1.82, 2.24) is 10.3 Å². The van der Waals surface area contributed by atoms with Gasteiger partial charge in [0.05, 0.1) is 4.92 Å². The summed E-state index contributed by atoms with van der Waals surface area (Å²) in [6.45, 7) is 3.39. The lowest BCUT2D eigenvalue weighted by molar-refractivity contribution is -0.384. The van der Waals surface area contributed by atoms with E-state index in [1.165, 1.54) is 25.1 Å². The Hall–Kier alpha value is -3.29. The number of aromatic nitrogens is 1. The molecule has 2 amide bonds. The van der Waals surface area contributed by atoms with E-state index in [0.29, 0.717) is 5.82 Å². The zero-order valence-electron chi connectivity index (χ0n) is 13.1. The highest BCUT2D eigenvalue weighted by molar-refractivity contribution is 6.00. The molecule has 1 aromatic heterocycles. The lowest BCUT2D eigenvalue weighted by Crippen LogP contribution is -2.41. The number of nitro groups is 1. The fourth-order valence-corrected chi connectivity index (χ4v) is 1.88. The Labute approximate surface area is 138 Å². The van der Waals surface area contributed by atoms with Crippen LogP contribution in [-0.2, 0) is 4.79 Å². The molecular weight excluding hydrogens is 312 g/mol. The maximum Gasteiger partial charge on any atom is 0.270 e. The Morgan fingerprint density at radius 2 is 2.00 bits per heavy atom. The van der Waals surface area contributed by atoms with Crippen LogP contribution in [0.5, 0.6) is 0 Å². The highest BCUT2D eigenvalue weighted by Gasteiger charge is 2.18. The number of aryl methyl sites for hydroxylation is 1. The third kappa shape index (κ3) is 4.35. The van der Waals surface area contributed by atoms with Crippen LogP contribution in [0.3, 0.4) is 0 Å². The summed E-state index contributed by atoms with van der Waals surface area (Å²) < 4.78 is 0. The molecule has 2 rings (SSSR count). The maximum absolute atomic E-state index is 12.1. The largest absolute Gasteiger partial charge is 0.341 e. The van der Waals surface area contributed by atoms with E-state index < -0.39 is 22.8 Å². The van der Waals surface area contributed by atoms with E-state index >= 15 is 0 Å². The number of amides is 2. The predicted molar refractivity (Wildman–Crippen MR) is 87.6 cm³/mol. The Bertz CT molecular complexity index is 774. The third-order valence-corrected chi connectivity index (χ3v) is 3.22. The van der Waals surface area contributed by atoms with E-state index in [0.717, 1.165) is 11.6 Å². The van der Waals surface area contributed by atoms with Crippen LogP contribution >= 0.6 is 0 Å². The molecule has 0 aliphatic carbocycles. The van der Waals surface area contributed by atoms with E-state index in [4.69, 9.17) is 0 Å². The first-order valence-electron chi connectivity index (χ1n) is 7.15. The van der Waals surface area contributed by atoms with Crippen molar-refractivity contribution in [3.05, 3.63) is 63.8 Å². The first-order valence-corrected chi connectivity index (χ1v) is 7.15. The second kappa shape index (κ2) is 7.32. The van der Waals surface area contributed by atoms with Crippen molar-refractivity contribution in [3.8, 4) is 0 Å². The molecule has 8 nitrogen and oxygen atoms in total. The minimum atomic E-state index is -0.833. The number of benzene rings is 1. The quantitative estimate of drug-likeness (QED) is 0.644. The molecule has 1 aromatic carbocycles. The molecule has 0 fully saturated rings. The molecule has 124 valence electrons. The number of nitrogens with one attached hydrogen (secondary N) is 2. The molecule has 1 heterocycles. The van der Waals surface area contributed by atoms with Crippen molar-refractivity contribution in [1.29, 1.82) is 0 Å². The van der Waals surface area contributed by atoms with Gasteiger partial charge >= 0.3 is 0 Å². The summed E-state index contributed by atoms with van der Waals surface area (Å²) in [5.74, 6) is -0.634. The maximum atomic E-state index is 12.1. The zero-order chi connectivity index (χ0) is 17.7. The van der Waals surface area contributed by atoms with Crippen LogP contribution in [0.2, 0.25) is 0 Å². The molecule has 0 saturated carbocycles. The van der Waals surface area contributed by atoms with Gasteiger partial charge in [-0.2, -0.15) is 0 Å². The number of carbonyl (C=O) groups excluding carboxylic acids is 2. The fraction of sp³-hybridized carbons (Fsp3) is 0.188. The van der Waals surface area contributed by atoms with Gasteiger partial charge in [-0.25, -0.2) is 4.98 Å². The highest BCUT2D eigenvalue weighted by Crippen LogP contribution is 2.13. The first kappa shape index (κ1) is 17.1. The molecule has 0 radical (unpaired) electrons. The van der Waals surface area contributed by atoms with Gasteiger partial charge in [0.2, 0.25) is 5.91 Å². The lowest BCUT2D eigenvalue weighted by Gasteiger charge is -2.13. The van der Waals surface area contributed by atoms with E-state index in [1.54, 1.807) is 18.3 Å². The van der Waals surface area contributed by atoms with E-state index in [1.807, 2.05) is 6.92 Å². The molecule has 0 saturated heterocycles. The van der Waals surface area contributed by atoms with Gasteiger partial charge < -0.3 is 10.6 Å². The van der Waals surface area contributed by atoms with E-state index in [-0.39, 0.29) is 11.3 Å². The predicted octanol–water partition coefficient (Wildman–Crippen LogP) is 2.06. The van der Waals surface area contributed by atoms with Gasteiger partial charge in [0.25, 0.3) is 11.6 Å². The summed E-state index contributed by atoms with van der Waals surface area (Å²) in [5.41, 5.74) is 0.876. The molecule has 0 spiro atoms. The standard InChI is InChI=1S/C16H16N4O4/c1-10-6-7-14(17-9-10)19-15(21)11(2)18-16(22)12-4-3-5-13(8-12)20(23)24/h3-9,11H,1-2H3,(H,18,22)(H,17,19,21)/t11-/m1/s1. The molecule has 0 aliphatic heterocycles. The second-order valence-electron chi connectivity index (χ2n) is 5.21. The summed E-state index contributed by atoms with van der Waals surface area (Å²) in [7, 11) is 0. The van der Waals surface area contributed by atoms with Crippen LogP contribution < -0.4 is 10.6 Å². The SMILES string of the molecule is Cc1ccc(NC(=O)[C@@H](C)NC(=O)c2cccc([N+](=O)[O-])c2)nc1. The second-order valence-corrected chi connectivity index (χ2v) is 5.21. The molecule has 2 N–H and O–H groups in total. The number of carbonyl (C=O) groups is 2. The van der Waals surface area contributed by atoms with Crippen LogP contribution in [0.1, 0.15) is 22.8 Å². The monoisotopic (exact) mass is 328 g/mol. The first-order chi connectivity index (χ1) is 11.4. The van der Waals surface area contributed by atoms with Gasteiger partial charge in [0.15, 0.2) is 0 Å². The van der Waals surface area contributed by atoms with E-state index in [2.05, 4.69) is 15.6 Å². The Kier molecular flexibility index (Phi) is 5.20. The molecule has 2 aromatic rings. The third-order valence-electron chi connectivity index (χ3n) is 3.22. The number of rotatable bonds is 5. The Morgan fingerprint density at radius 1 is 1.25 bits per heavy atom. The molecule has 0 aliphatic rings. The summed E-state index contributed by atoms with van der Waals surface area (Å²) in [4.78, 5) is 38.4. The van der Waals surface area contributed by atoms with Gasteiger partial charge in [-0.05, 0) is 31.5 Å². The molecular formula is C16H16N4O4. The molecule has 8 heteroatoms. The van der Waals surface area contributed by atoms with Gasteiger partial charge in [0, 0.05) is 23.9 Å². The Morgan fingerprint density at radius 3 is 2.62 bits per heavy atom. The summed E-state index contributed by atoms with van der Waals surface area (Å²) in [6.07, 6.45) is 1.61. The van der Waals surface area contributed by atoms with Crippen molar-refractivity contribution in [2.75, 3.05) is 5.32 Å². The van der Waals surface area contributed by atoms with Crippen molar-refractivity contribution in [2.45, 2.75) is 19.9 Å². The highest BCUT2D eigenvalue weighted by atomic mass is 16.6. The van der Waals surface area contributed by atoms with Gasteiger partial charge in [0.1, 0.15) is 11.9 Å². The van der Waals surface area contributed by atoms with Crippen LogP contribution in [-0.4, -0.2) is 27.8 Å². The number of hydrogen-bond donors (Lipinski definition) is 2. The molecule has 1 atom stereocenters. The smallest absolute Gasteiger partial charge is 0.270 e. The van der Waals surface area contributed by atoms with Gasteiger partial charge in [-0.15, -0.1) is 0 Å². The minimum absolute atomic E-state index is 0.109. The molecule has 0 unspecified atom stereocenters. The number of anilines is 1. The lowest BCUT2D eigenvalue weighted by atomic mass is 10.1. The number of non-ortho nitro benzene ring substituents is 1. The van der Waals surface area contributed by atoms with Crippen LogP contribution in [0, 0.1) is 17.0 Å². The average molecular weight is 328 g/mol. The molecule has 0 bridgehead atoms. The van der Waals surface area contributed by atoms with Crippen LogP contribution in [0.25, 0.3) is 0 Å². The van der Waals surface area contributed by atoms with Crippen LogP contribution in [0.15, 0.2) is 42.6 Å². The molecule has 24 heavy (non-hydrogen) atoms. The number of hydrogen-bond acceptors (Lipinski definition) is 5. The zero-order valence-corrected chi connectivity index (χ0v) is 13.1. The van der Waals surface area contributed by atoms with Crippen molar-refractivity contribution in [3.63, 3.8) is 0 Å². The summed E-state index contributed by atoms with van der Waals surface area (Å²) >= 11 is 0. The number of nitro benzene ring substituents is 1.